The average Bonchev–Trinajstić information content (AvgIpc) is 2.25. The molecule has 1 amide bonds. The monoisotopic (exact) mass is 330 g/mol. The molecule has 0 aliphatic heterocycles. The Hall–Kier alpha value is -1.11. The Morgan fingerprint density at radius 1 is 1.53 bits per heavy atom. The van der Waals surface area contributed by atoms with Crippen molar-refractivity contribution < 1.29 is 14.6 Å². The van der Waals surface area contributed by atoms with E-state index in [9.17, 15) is 4.79 Å². The molecule has 106 valence electrons. The van der Waals surface area contributed by atoms with Crippen molar-refractivity contribution in [1.82, 2.24) is 0 Å². The van der Waals surface area contributed by atoms with Crippen molar-refractivity contribution in [1.29, 1.82) is 0 Å². The van der Waals surface area contributed by atoms with Gasteiger partial charge in [-0.25, -0.2) is 4.79 Å². The third kappa shape index (κ3) is 5.18. The predicted molar refractivity (Wildman–Crippen MR) is 78.0 cm³/mol. The fourth-order valence-electron chi connectivity index (χ4n) is 1.47. The molecule has 0 unspecified atom stereocenters. The molecule has 1 aromatic carbocycles. The molecule has 1 atom stereocenters. The predicted octanol–water partition coefficient (Wildman–Crippen LogP) is 2.79. The van der Waals surface area contributed by atoms with E-state index in [4.69, 9.17) is 15.6 Å². The van der Waals surface area contributed by atoms with Gasteiger partial charge in [-0.2, -0.15) is 0 Å². The molecule has 0 saturated heterocycles. The molecule has 1 rings (SSSR count). The number of halogens is 1. The maximum atomic E-state index is 11.8. The molecule has 0 spiro atoms. The first-order chi connectivity index (χ1) is 8.73. The third-order valence-corrected chi connectivity index (χ3v) is 2.74. The highest BCUT2D eigenvalue weighted by atomic mass is 79.9. The van der Waals surface area contributed by atoms with Crippen molar-refractivity contribution in [3.05, 3.63) is 28.2 Å². The Morgan fingerprint density at radius 3 is 2.68 bits per heavy atom. The van der Waals surface area contributed by atoms with Crippen molar-refractivity contribution in [2.24, 2.45) is 5.73 Å². The van der Waals surface area contributed by atoms with Gasteiger partial charge in [0.05, 0.1) is 12.6 Å². The van der Waals surface area contributed by atoms with Crippen LogP contribution in [0.3, 0.4) is 0 Å². The Bertz CT molecular complexity index is 458. The van der Waals surface area contributed by atoms with Crippen molar-refractivity contribution in [2.45, 2.75) is 32.4 Å². The largest absolute Gasteiger partial charge is 0.444 e. The first-order valence-corrected chi connectivity index (χ1v) is 6.68. The summed E-state index contributed by atoms with van der Waals surface area (Å²) in [5.41, 5.74) is 6.38. The number of hydrogen-bond donors (Lipinski definition) is 3. The summed E-state index contributed by atoms with van der Waals surface area (Å²) in [5, 5.41) is 11.8. The maximum absolute atomic E-state index is 11.8. The summed E-state index contributed by atoms with van der Waals surface area (Å²) in [4.78, 5) is 11.8. The molecule has 19 heavy (non-hydrogen) atoms. The third-order valence-electron chi connectivity index (χ3n) is 2.25. The summed E-state index contributed by atoms with van der Waals surface area (Å²) in [6.45, 7) is 5.15. The first-order valence-electron chi connectivity index (χ1n) is 5.89. The number of carbonyl (C=O) groups is 1. The minimum atomic E-state index is -0.574. The van der Waals surface area contributed by atoms with Crippen LogP contribution in [0.15, 0.2) is 22.7 Å². The lowest BCUT2D eigenvalue weighted by Crippen LogP contribution is -2.28. The van der Waals surface area contributed by atoms with E-state index in [-0.39, 0.29) is 6.61 Å². The quantitative estimate of drug-likeness (QED) is 0.795. The number of hydrogen-bond acceptors (Lipinski definition) is 4. The zero-order valence-corrected chi connectivity index (χ0v) is 12.8. The van der Waals surface area contributed by atoms with Crippen LogP contribution in [-0.4, -0.2) is 23.4 Å². The lowest BCUT2D eigenvalue weighted by molar-refractivity contribution is 0.0635. The lowest BCUT2D eigenvalue weighted by atomic mass is 10.1. The molecule has 0 aliphatic rings. The topological polar surface area (TPSA) is 84.6 Å². The van der Waals surface area contributed by atoms with Crippen LogP contribution in [-0.2, 0) is 4.74 Å². The van der Waals surface area contributed by atoms with Crippen LogP contribution >= 0.6 is 15.9 Å². The normalized spacial score (nSPS) is 12.9. The van der Waals surface area contributed by atoms with Crippen molar-refractivity contribution in [3.63, 3.8) is 0 Å². The second-order valence-electron chi connectivity index (χ2n) is 5.15. The van der Waals surface area contributed by atoms with E-state index >= 15 is 0 Å². The van der Waals surface area contributed by atoms with E-state index in [1.165, 1.54) is 0 Å². The van der Waals surface area contributed by atoms with Crippen molar-refractivity contribution in [2.75, 3.05) is 11.9 Å². The van der Waals surface area contributed by atoms with Gasteiger partial charge in [-0.1, -0.05) is 22.0 Å². The highest BCUT2D eigenvalue weighted by Gasteiger charge is 2.18. The van der Waals surface area contributed by atoms with Crippen LogP contribution < -0.4 is 11.1 Å². The molecular weight excluding hydrogens is 312 g/mol. The molecule has 0 radical (unpaired) electrons. The minimum Gasteiger partial charge on any atom is -0.444 e. The van der Waals surface area contributed by atoms with Gasteiger partial charge < -0.3 is 15.6 Å². The fraction of sp³-hybridized carbons (Fsp3) is 0.462. The van der Waals surface area contributed by atoms with Crippen molar-refractivity contribution in [3.8, 4) is 0 Å². The van der Waals surface area contributed by atoms with E-state index in [1.807, 2.05) is 0 Å². The number of nitrogens with two attached hydrogens (primary N) is 1. The summed E-state index contributed by atoms with van der Waals surface area (Å²) in [6, 6.07) is 4.70. The summed E-state index contributed by atoms with van der Waals surface area (Å²) in [5.74, 6) is 0. The SMILES string of the molecule is CC(C)(C)OC(=O)Nc1cc(Br)ccc1[C@H](N)CO. The average molecular weight is 331 g/mol. The number of carbonyl (C=O) groups excluding carboxylic acids is 1. The summed E-state index contributed by atoms with van der Waals surface area (Å²) in [6.07, 6.45) is -0.558. The highest BCUT2D eigenvalue weighted by Crippen LogP contribution is 2.26. The molecule has 1 aromatic rings. The second kappa shape index (κ2) is 6.36. The number of aliphatic hydroxyl groups excluding tert-OH is 1. The highest BCUT2D eigenvalue weighted by molar-refractivity contribution is 9.10. The van der Waals surface area contributed by atoms with Gasteiger partial charge in [0.2, 0.25) is 0 Å². The summed E-state index contributed by atoms with van der Waals surface area (Å²) >= 11 is 3.32. The van der Waals surface area contributed by atoms with Gasteiger partial charge in [-0.15, -0.1) is 0 Å². The van der Waals surface area contributed by atoms with Gasteiger partial charge in [0.25, 0.3) is 0 Å². The van der Waals surface area contributed by atoms with E-state index in [0.717, 1.165) is 4.47 Å². The van der Waals surface area contributed by atoms with Gasteiger partial charge >= 0.3 is 6.09 Å². The van der Waals surface area contributed by atoms with Gasteiger partial charge in [0.1, 0.15) is 5.60 Å². The molecule has 5 nitrogen and oxygen atoms in total. The molecule has 0 aromatic heterocycles. The standard InChI is InChI=1S/C13H19BrN2O3/c1-13(2,3)19-12(18)16-11-6-8(14)4-5-9(11)10(15)7-17/h4-6,10,17H,7,15H2,1-3H3,(H,16,18)/t10-/m1/s1. The van der Waals surface area contributed by atoms with Gasteiger partial charge in [0, 0.05) is 10.2 Å². The molecule has 0 heterocycles. The van der Waals surface area contributed by atoms with Crippen molar-refractivity contribution >= 4 is 27.7 Å². The number of nitrogens with one attached hydrogen (secondary N) is 1. The molecule has 0 saturated carbocycles. The molecular formula is C13H19BrN2O3. The first kappa shape index (κ1) is 15.9. The van der Waals surface area contributed by atoms with Gasteiger partial charge in [-0.3, -0.25) is 5.32 Å². The number of rotatable bonds is 3. The Balaban J connectivity index is 2.93. The molecule has 0 fully saturated rings. The second-order valence-corrected chi connectivity index (χ2v) is 6.06. The Labute approximate surface area is 121 Å². The van der Waals surface area contributed by atoms with E-state index in [2.05, 4.69) is 21.2 Å². The minimum absolute atomic E-state index is 0.204. The summed E-state index contributed by atoms with van der Waals surface area (Å²) in [7, 11) is 0. The Morgan fingerprint density at radius 2 is 2.16 bits per heavy atom. The smallest absolute Gasteiger partial charge is 0.412 e. The van der Waals surface area contributed by atoms with Crippen LogP contribution in [0.1, 0.15) is 32.4 Å². The van der Waals surface area contributed by atoms with Crippen LogP contribution in [0.25, 0.3) is 0 Å². The molecule has 0 aliphatic carbocycles. The molecule has 4 N–H and O–H groups in total. The van der Waals surface area contributed by atoms with Crippen LogP contribution in [0.5, 0.6) is 0 Å². The summed E-state index contributed by atoms with van der Waals surface area (Å²) < 4.78 is 5.98. The van der Waals surface area contributed by atoms with Gasteiger partial charge in [-0.05, 0) is 38.5 Å². The molecule has 6 heteroatoms. The van der Waals surface area contributed by atoms with E-state index in [1.54, 1.807) is 39.0 Å². The van der Waals surface area contributed by atoms with Crippen LogP contribution in [0.4, 0.5) is 10.5 Å². The number of amides is 1. The number of anilines is 1. The zero-order chi connectivity index (χ0) is 14.6. The number of benzene rings is 1. The fourth-order valence-corrected chi connectivity index (χ4v) is 1.83. The van der Waals surface area contributed by atoms with E-state index < -0.39 is 17.7 Å². The zero-order valence-electron chi connectivity index (χ0n) is 11.2. The lowest BCUT2D eigenvalue weighted by Gasteiger charge is -2.21. The number of aliphatic hydroxyl groups is 1. The maximum Gasteiger partial charge on any atom is 0.412 e. The van der Waals surface area contributed by atoms with Crippen LogP contribution in [0, 0.1) is 0 Å². The van der Waals surface area contributed by atoms with E-state index in [0.29, 0.717) is 11.3 Å². The van der Waals surface area contributed by atoms with Gasteiger partial charge in [0.15, 0.2) is 0 Å². The Kier molecular flexibility index (Phi) is 5.34. The molecule has 0 bridgehead atoms. The van der Waals surface area contributed by atoms with Crippen LogP contribution in [0.2, 0.25) is 0 Å². The number of ether oxygens (including phenoxy) is 1.